The number of aliphatic imine (C=N–C) groups is 1. The van der Waals surface area contributed by atoms with E-state index in [-0.39, 0.29) is 6.10 Å². The first-order chi connectivity index (χ1) is 12.8. The van der Waals surface area contributed by atoms with Crippen LogP contribution in [0.1, 0.15) is 18.1 Å². The molecule has 1 unspecified atom stereocenters. The molecule has 0 saturated carbocycles. The Morgan fingerprint density at radius 1 is 1.15 bits per heavy atom. The van der Waals surface area contributed by atoms with E-state index in [9.17, 15) is 8.42 Å². The Morgan fingerprint density at radius 2 is 1.85 bits per heavy atom. The van der Waals surface area contributed by atoms with Crippen LogP contribution in [-0.4, -0.2) is 40.3 Å². The normalized spacial score (nSPS) is 13.1. The van der Waals surface area contributed by atoms with Crippen molar-refractivity contribution in [3.05, 3.63) is 59.7 Å². The van der Waals surface area contributed by atoms with Crippen molar-refractivity contribution in [1.29, 1.82) is 0 Å². The number of hydrogen-bond acceptors (Lipinski definition) is 4. The van der Waals surface area contributed by atoms with Crippen LogP contribution in [0.25, 0.3) is 0 Å². The molecule has 0 spiro atoms. The summed E-state index contributed by atoms with van der Waals surface area (Å²) in [6.45, 7) is 5.16. The molecule has 0 bridgehead atoms. The third-order valence-electron chi connectivity index (χ3n) is 3.92. The van der Waals surface area contributed by atoms with E-state index in [0.29, 0.717) is 23.9 Å². The van der Waals surface area contributed by atoms with Crippen LogP contribution in [0.3, 0.4) is 0 Å². The van der Waals surface area contributed by atoms with Crippen LogP contribution < -0.4 is 15.4 Å². The van der Waals surface area contributed by atoms with Crippen molar-refractivity contribution in [1.82, 2.24) is 10.6 Å². The van der Waals surface area contributed by atoms with Gasteiger partial charge in [0.25, 0.3) is 0 Å². The summed E-state index contributed by atoms with van der Waals surface area (Å²) in [7, 11) is -1.47. The van der Waals surface area contributed by atoms with Crippen LogP contribution in [0.2, 0.25) is 0 Å². The molecule has 1 atom stereocenters. The van der Waals surface area contributed by atoms with Gasteiger partial charge in [0.15, 0.2) is 15.8 Å². The monoisotopic (exact) mass is 389 g/mol. The molecule has 0 radical (unpaired) electrons. The second-order valence-corrected chi connectivity index (χ2v) is 8.48. The van der Waals surface area contributed by atoms with Gasteiger partial charge < -0.3 is 15.4 Å². The van der Waals surface area contributed by atoms with Gasteiger partial charge in [0.1, 0.15) is 11.9 Å². The first kappa shape index (κ1) is 20.8. The zero-order chi connectivity index (χ0) is 19.9. The number of benzene rings is 2. The maximum atomic E-state index is 11.5. The molecule has 0 aliphatic rings. The largest absolute Gasteiger partial charge is 0.489 e. The van der Waals surface area contributed by atoms with E-state index < -0.39 is 9.84 Å². The van der Waals surface area contributed by atoms with Crippen LogP contribution in [0.15, 0.2) is 58.4 Å². The molecule has 7 heteroatoms. The molecule has 2 aromatic carbocycles. The third-order valence-corrected chi connectivity index (χ3v) is 5.05. The zero-order valence-corrected chi connectivity index (χ0v) is 17.0. The SMILES string of the molecule is CN=C(NCc1ccc(S(C)(=O)=O)cc1)NCC(C)Oc1cccc(C)c1. The molecule has 6 nitrogen and oxygen atoms in total. The molecule has 0 fully saturated rings. The van der Waals surface area contributed by atoms with Crippen molar-refractivity contribution < 1.29 is 13.2 Å². The Hall–Kier alpha value is -2.54. The van der Waals surface area contributed by atoms with Gasteiger partial charge in [-0.2, -0.15) is 0 Å². The van der Waals surface area contributed by atoms with Gasteiger partial charge in [-0.25, -0.2) is 8.42 Å². The summed E-state index contributed by atoms with van der Waals surface area (Å²) in [4.78, 5) is 4.51. The van der Waals surface area contributed by atoms with Crippen molar-refractivity contribution in [3.8, 4) is 5.75 Å². The van der Waals surface area contributed by atoms with Gasteiger partial charge >= 0.3 is 0 Å². The summed E-state index contributed by atoms with van der Waals surface area (Å²) in [5.41, 5.74) is 2.13. The molecule has 0 saturated heterocycles. The van der Waals surface area contributed by atoms with E-state index in [1.54, 1.807) is 31.3 Å². The van der Waals surface area contributed by atoms with E-state index in [2.05, 4.69) is 15.6 Å². The quantitative estimate of drug-likeness (QED) is 0.562. The molecule has 2 N–H and O–H groups in total. The number of guanidine groups is 1. The van der Waals surface area contributed by atoms with Gasteiger partial charge in [0.2, 0.25) is 0 Å². The molecule has 0 amide bonds. The summed E-state index contributed by atoms with van der Waals surface area (Å²) in [6, 6.07) is 14.8. The highest BCUT2D eigenvalue weighted by Crippen LogP contribution is 2.14. The highest BCUT2D eigenvalue weighted by molar-refractivity contribution is 7.90. The number of nitrogens with one attached hydrogen (secondary N) is 2. The van der Waals surface area contributed by atoms with Crippen molar-refractivity contribution in [2.24, 2.45) is 4.99 Å². The molecule has 0 aromatic heterocycles. The molecule has 0 aliphatic heterocycles. The van der Waals surface area contributed by atoms with E-state index >= 15 is 0 Å². The fraction of sp³-hybridized carbons (Fsp3) is 0.350. The Balaban J connectivity index is 1.81. The van der Waals surface area contributed by atoms with Crippen molar-refractivity contribution in [2.45, 2.75) is 31.4 Å². The molecule has 2 rings (SSSR count). The average molecular weight is 390 g/mol. The topological polar surface area (TPSA) is 79.8 Å². The van der Waals surface area contributed by atoms with Crippen LogP contribution in [-0.2, 0) is 16.4 Å². The minimum atomic E-state index is -3.17. The molecule has 2 aromatic rings. The number of ether oxygens (including phenoxy) is 1. The maximum absolute atomic E-state index is 11.5. The summed E-state index contributed by atoms with van der Waals surface area (Å²) in [6.07, 6.45) is 1.17. The minimum Gasteiger partial charge on any atom is -0.489 e. The van der Waals surface area contributed by atoms with E-state index in [0.717, 1.165) is 16.9 Å². The zero-order valence-electron chi connectivity index (χ0n) is 16.2. The lowest BCUT2D eigenvalue weighted by Crippen LogP contribution is -2.41. The summed E-state index contributed by atoms with van der Waals surface area (Å²) in [5, 5.41) is 6.43. The number of aryl methyl sites for hydroxylation is 1. The van der Waals surface area contributed by atoms with Crippen molar-refractivity contribution in [3.63, 3.8) is 0 Å². The second kappa shape index (κ2) is 9.41. The summed E-state index contributed by atoms with van der Waals surface area (Å²) < 4.78 is 28.9. The Morgan fingerprint density at radius 3 is 2.44 bits per heavy atom. The third kappa shape index (κ3) is 6.94. The Bertz CT molecular complexity index is 878. The first-order valence-corrected chi connectivity index (χ1v) is 10.6. The van der Waals surface area contributed by atoms with Gasteiger partial charge in [-0.1, -0.05) is 24.3 Å². The van der Waals surface area contributed by atoms with Crippen molar-refractivity contribution >= 4 is 15.8 Å². The number of rotatable bonds is 7. The number of nitrogens with zero attached hydrogens (tertiary/aromatic N) is 1. The standard InChI is InChI=1S/C20H27N3O3S/c1-15-6-5-7-18(12-15)26-16(2)13-22-20(21-3)23-14-17-8-10-19(11-9-17)27(4,24)25/h5-12,16H,13-14H2,1-4H3,(H2,21,22,23). The van der Waals surface area contributed by atoms with Crippen LogP contribution in [0.5, 0.6) is 5.75 Å². The van der Waals surface area contributed by atoms with Crippen LogP contribution in [0, 0.1) is 6.92 Å². The van der Waals surface area contributed by atoms with Crippen LogP contribution >= 0.6 is 0 Å². The van der Waals surface area contributed by atoms with E-state index in [1.807, 2.05) is 38.1 Å². The second-order valence-electron chi connectivity index (χ2n) is 6.47. The fourth-order valence-electron chi connectivity index (χ4n) is 2.46. The fourth-order valence-corrected chi connectivity index (χ4v) is 3.09. The van der Waals surface area contributed by atoms with E-state index in [4.69, 9.17) is 4.74 Å². The summed E-state index contributed by atoms with van der Waals surface area (Å²) >= 11 is 0. The number of sulfone groups is 1. The molecule has 27 heavy (non-hydrogen) atoms. The predicted octanol–water partition coefficient (Wildman–Crippen LogP) is 2.53. The van der Waals surface area contributed by atoms with Crippen LogP contribution in [0.4, 0.5) is 0 Å². The smallest absolute Gasteiger partial charge is 0.191 e. The van der Waals surface area contributed by atoms with Crippen molar-refractivity contribution in [2.75, 3.05) is 19.8 Å². The highest BCUT2D eigenvalue weighted by atomic mass is 32.2. The van der Waals surface area contributed by atoms with Gasteiger partial charge in [0.05, 0.1) is 11.4 Å². The molecule has 0 heterocycles. The lowest BCUT2D eigenvalue weighted by Gasteiger charge is -2.18. The Kier molecular flexibility index (Phi) is 7.24. The lowest BCUT2D eigenvalue weighted by atomic mass is 10.2. The first-order valence-electron chi connectivity index (χ1n) is 8.75. The highest BCUT2D eigenvalue weighted by Gasteiger charge is 2.08. The van der Waals surface area contributed by atoms with Gasteiger partial charge in [-0.3, -0.25) is 4.99 Å². The maximum Gasteiger partial charge on any atom is 0.191 e. The van der Waals surface area contributed by atoms with E-state index in [1.165, 1.54) is 6.26 Å². The Labute approximate surface area is 161 Å². The predicted molar refractivity (Wildman–Crippen MR) is 109 cm³/mol. The van der Waals surface area contributed by atoms with Gasteiger partial charge in [-0.05, 0) is 49.2 Å². The van der Waals surface area contributed by atoms with Gasteiger partial charge in [-0.15, -0.1) is 0 Å². The average Bonchev–Trinajstić information content (AvgIpc) is 2.61. The molecule has 0 aliphatic carbocycles. The number of hydrogen-bond donors (Lipinski definition) is 2. The lowest BCUT2D eigenvalue weighted by molar-refractivity contribution is 0.223. The molecular formula is C20H27N3O3S. The molecule has 146 valence electrons. The minimum absolute atomic E-state index is 0.0283. The molecular weight excluding hydrogens is 362 g/mol. The van der Waals surface area contributed by atoms with Gasteiger partial charge in [0, 0.05) is 19.8 Å². The summed E-state index contributed by atoms with van der Waals surface area (Å²) in [5.74, 6) is 1.50.